The fourth-order valence-corrected chi connectivity index (χ4v) is 4.56. The maximum Gasteiger partial charge on any atom is 0.123 e. The van der Waals surface area contributed by atoms with Crippen molar-refractivity contribution in [3.05, 3.63) is 71.6 Å². The van der Waals surface area contributed by atoms with Crippen LogP contribution in [0.25, 0.3) is 5.52 Å². The molecule has 0 unspecified atom stereocenters. The van der Waals surface area contributed by atoms with Crippen LogP contribution in [0.15, 0.2) is 48.9 Å². The Hall–Kier alpha value is -2.20. The van der Waals surface area contributed by atoms with Crippen LogP contribution in [0, 0.1) is 11.7 Å². The van der Waals surface area contributed by atoms with Gasteiger partial charge in [0.05, 0.1) is 29.8 Å². The van der Waals surface area contributed by atoms with Gasteiger partial charge in [-0.3, -0.25) is 0 Å². The third-order valence-electron chi connectivity index (χ3n) is 6.12. The van der Waals surface area contributed by atoms with Crippen molar-refractivity contribution in [1.82, 2.24) is 9.38 Å². The van der Waals surface area contributed by atoms with E-state index in [9.17, 15) is 9.50 Å². The van der Waals surface area contributed by atoms with E-state index in [1.807, 2.05) is 29.1 Å². The minimum atomic E-state index is -0.491. The Bertz CT molecular complexity index is 908. The highest BCUT2D eigenvalue weighted by atomic mass is 19.1. The fourth-order valence-electron chi connectivity index (χ4n) is 4.56. The molecule has 0 amide bonds. The number of hydrogen-bond acceptors (Lipinski definition) is 2. The zero-order chi connectivity index (χ0) is 19.0. The van der Waals surface area contributed by atoms with Crippen molar-refractivity contribution < 1.29 is 9.50 Å². The number of aromatic nitrogens is 2. The summed E-state index contributed by atoms with van der Waals surface area (Å²) in [4.78, 5) is 4.27. The molecule has 0 spiro atoms. The quantitative estimate of drug-likeness (QED) is 0.652. The molecular weight excluding hydrogens is 339 g/mol. The minimum absolute atomic E-state index is 0.183. The third-order valence-corrected chi connectivity index (χ3v) is 6.12. The summed E-state index contributed by atoms with van der Waals surface area (Å²) < 4.78 is 15.2. The van der Waals surface area contributed by atoms with Gasteiger partial charge >= 0.3 is 0 Å². The summed E-state index contributed by atoms with van der Waals surface area (Å²) in [5.41, 5.74) is 4.41. The topological polar surface area (TPSA) is 37.5 Å². The molecule has 3 nitrogen and oxygen atoms in total. The Morgan fingerprint density at radius 3 is 2.41 bits per heavy atom. The molecule has 1 aromatic carbocycles. The minimum Gasteiger partial charge on any atom is -0.387 e. The van der Waals surface area contributed by atoms with Crippen LogP contribution in [0.2, 0.25) is 0 Å². The number of pyridine rings is 1. The predicted molar refractivity (Wildman–Crippen MR) is 105 cm³/mol. The first-order valence-electron chi connectivity index (χ1n) is 9.93. The number of rotatable bonds is 4. The number of halogens is 1. The maximum absolute atomic E-state index is 13.2. The SMILES string of the molecule is CC(C)c1ccc2cncn2c1[C@H](O)[C@H]1CC[C@H](c2ccc(F)cc2)CC1. The monoisotopic (exact) mass is 366 g/mol. The van der Waals surface area contributed by atoms with Crippen molar-refractivity contribution in [3.63, 3.8) is 0 Å². The lowest BCUT2D eigenvalue weighted by atomic mass is 9.75. The Balaban J connectivity index is 1.55. The molecule has 0 radical (unpaired) electrons. The first-order valence-corrected chi connectivity index (χ1v) is 9.93. The molecule has 4 heteroatoms. The van der Waals surface area contributed by atoms with Crippen molar-refractivity contribution in [2.45, 2.75) is 57.5 Å². The van der Waals surface area contributed by atoms with Gasteiger partial charge in [0.15, 0.2) is 0 Å². The Labute approximate surface area is 159 Å². The first kappa shape index (κ1) is 18.2. The van der Waals surface area contributed by atoms with E-state index in [1.54, 1.807) is 12.1 Å². The molecule has 1 atom stereocenters. The van der Waals surface area contributed by atoms with Crippen molar-refractivity contribution in [2.24, 2.45) is 5.92 Å². The average Bonchev–Trinajstić information content (AvgIpc) is 3.16. The summed E-state index contributed by atoms with van der Waals surface area (Å²) in [6.07, 6.45) is 7.18. The van der Waals surface area contributed by atoms with E-state index < -0.39 is 6.10 Å². The van der Waals surface area contributed by atoms with E-state index in [4.69, 9.17) is 0 Å². The maximum atomic E-state index is 13.2. The van der Waals surface area contributed by atoms with Gasteiger partial charge in [-0.2, -0.15) is 0 Å². The van der Waals surface area contributed by atoms with Crippen LogP contribution in [0.1, 0.15) is 74.3 Å². The molecule has 4 rings (SSSR count). The van der Waals surface area contributed by atoms with E-state index in [2.05, 4.69) is 31.0 Å². The molecule has 142 valence electrons. The van der Waals surface area contributed by atoms with Crippen molar-refractivity contribution in [3.8, 4) is 0 Å². The third kappa shape index (κ3) is 3.51. The number of hydrogen-bond donors (Lipinski definition) is 1. The summed E-state index contributed by atoms with van der Waals surface area (Å²) >= 11 is 0. The van der Waals surface area contributed by atoms with Crippen molar-refractivity contribution in [2.75, 3.05) is 0 Å². The predicted octanol–water partition coefficient (Wildman–Crippen LogP) is 5.60. The highest BCUT2D eigenvalue weighted by molar-refractivity contribution is 5.49. The summed E-state index contributed by atoms with van der Waals surface area (Å²) in [6.45, 7) is 4.33. The van der Waals surface area contributed by atoms with Gasteiger partial charge in [0.2, 0.25) is 0 Å². The van der Waals surface area contributed by atoms with Crippen LogP contribution in [-0.2, 0) is 0 Å². The Morgan fingerprint density at radius 2 is 1.74 bits per heavy atom. The average molecular weight is 366 g/mol. The van der Waals surface area contributed by atoms with Crippen molar-refractivity contribution in [1.29, 1.82) is 0 Å². The van der Waals surface area contributed by atoms with Crippen LogP contribution in [0.4, 0.5) is 4.39 Å². The van der Waals surface area contributed by atoms with Gasteiger partial charge in [-0.25, -0.2) is 9.37 Å². The van der Waals surface area contributed by atoms with Gasteiger partial charge < -0.3 is 9.51 Å². The van der Waals surface area contributed by atoms with Crippen LogP contribution < -0.4 is 0 Å². The zero-order valence-electron chi connectivity index (χ0n) is 16.0. The Kier molecular flexibility index (Phi) is 5.00. The second kappa shape index (κ2) is 7.43. The normalized spacial score (nSPS) is 21.7. The van der Waals surface area contributed by atoms with Gasteiger partial charge in [0.25, 0.3) is 0 Å². The lowest BCUT2D eigenvalue weighted by Gasteiger charge is -2.33. The van der Waals surface area contributed by atoms with Gasteiger partial charge in [-0.15, -0.1) is 0 Å². The number of imidazole rings is 1. The molecule has 1 fully saturated rings. The van der Waals surface area contributed by atoms with E-state index in [1.165, 1.54) is 11.1 Å². The van der Waals surface area contributed by atoms with Crippen LogP contribution in [0.3, 0.4) is 0 Å². The van der Waals surface area contributed by atoms with Crippen LogP contribution in [0.5, 0.6) is 0 Å². The molecule has 3 aromatic rings. The molecule has 0 saturated heterocycles. The zero-order valence-corrected chi connectivity index (χ0v) is 16.0. The summed E-state index contributed by atoms with van der Waals surface area (Å²) in [6, 6.07) is 11.1. The highest BCUT2D eigenvalue weighted by Gasteiger charge is 2.31. The van der Waals surface area contributed by atoms with Gasteiger partial charge in [0, 0.05) is 0 Å². The number of nitrogens with zero attached hydrogens (tertiary/aromatic N) is 2. The van der Waals surface area contributed by atoms with E-state index in [0.717, 1.165) is 36.9 Å². The molecular formula is C23H27FN2O. The number of benzene rings is 1. The number of aliphatic hydroxyl groups is 1. The molecule has 2 aromatic heterocycles. The van der Waals surface area contributed by atoms with Gasteiger partial charge in [0.1, 0.15) is 5.82 Å². The molecule has 1 aliphatic rings. The van der Waals surface area contributed by atoms with E-state index >= 15 is 0 Å². The summed E-state index contributed by atoms with van der Waals surface area (Å²) in [5.74, 6) is 0.865. The van der Waals surface area contributed by atoms with E-state index in [0.29, 0.717) is 11.8 Å². The highest BCUT2D eigenvalue weighted by Crippen LogP contribution is 2.42. The smallest absolute Gasteiger partial charge is 0.123 e. The fraction of sp³-hybridized carbons (Fsp3) is 0.435. The molecule has 0 aliphatic heterocycles. The number of fused-ring (bicyclic) bond motifs is 1. The summed E-state index contributed by atoms with van der Waals surface area (Å²) in [5, 5.41) is 11.3. The molecule has 27 heavy (non-hydrogen) atoms. The van der Waals surface area contributed by atoms with Gasteiger partial charge in [-0.05, 0) is 72.8 Å². The van der Waals surface area contributed by atoms with E-state index in [-0.39, 0.29) is 11.7 Å². The molecule has 0 bridgehead atoms. The van der Waals surface area contributed by atoms with Crippen molar-refractivity contribution >= 4 is 5.52 Å². The number of aliphatic hydroxyl groups excluding tert-OH is 1. The Morgan fingerprint density at radius 1 is 1.04 bits per heavy atom. The second-order valence-corrected chi connectivity index (χ2v) is 8.13. The molecule has 2 heterocycles. The molecule has 1 N–H and O–H groups in total. The lowest BCUT2D eigenvalue weighted by molar-refractivity contribution is 0.0752. The lowest BCUT2D eigenvalue weighted by Crippen LogP contribution is -2.22. The molecule has 1 saturated carbocycles. The largest absolute Gasteiger partial charge is 0.387 e. The van der Waals surface area contributed by atoms with Crippen LogP contribution >= 0.6 is 0 Å². The van der Waals surface area contributed by atoms with Crippen LogP contribution in [-0.4, -0.2) is 14.5 Å². The summed E-state index contributed by atoms with van der Waals surface area (Å²) in [7, 11) is 0. The first-order chi connectivity index (χ1) is 13.0. The van der Waals surface area contributed by atoms with Gasteiger partial charge in [-0.1, -0.05) is 32.0 Å². The second-order valence-electron chi connectivity index (χ2n) is 8.13. The molecule has 1 aliphatic carbocycles. The standard InChI is InChI=1S/C23H27FN2O/c1-15(2)21-12-11-20-13-25-14-26(20)22(21)23(27)18-5-3-16(4-6-18)17-7-9-19(24)10-8-17/h7-16,18,23,27H,3-6H2,1-2H3/t16-,18-,23-/m1/s1.